The second kappa shape index (κ2) is 11.8. The highest BCUT2D eigenvalue weighted by molar-refractivity contribution is 5.56. The van der Waals surface area contributed by atoms with Crippen molar-refractivity contribution in [2.24, 2.45) is 16.9 Å². The number of hydrogen-bond acceptors (Lipinski definition) is 4. The summed E-state index contributed by atoms with van der Waals surface area (Å²) in [6.45, 7) is 14.5. The van der Waals surface area contributed by atoms with Crippen LogP contribution in [0, 0.1) is 5.41 Å². The number of phenolic OH excluding ortho intramolecular Hbond substituents is 2. The van der Waals surface area contributed by atoms with Crippen molar-refractivity contribution in [3.8, 4) is 11.5 Å². The Balaban J connectivity index is 0.000000367. The minimum absolute atomic E-state index is 0.0871. The van der Waals surface area contributed by atoms with Gasteiger partial charge in [-0.2, -0.15) is 0 Å². The van der Waals surface area contributed by atoms with Crippen LogP contribution in [0.15, 0.2) is 48.2 Å². The van der Waals surface area contributed by atoms with E-state index in [2.05, 4.69) is 77.6 Å². The van der Waals surface area contributed by atoms with Crippen LogP contribution >= 0.6 is 0 Å². The van der Waals surface area contributed by atoms with Crippen LogP contribution in [0.5, 0.6) is 11.5 Å². The van der Waals surface area contributed by atoms with Crippen LogP contribution in [-0.2, 0) is 18.3 Å². The normalized spacial score (nSPS) is 11.2. The molecule has 170 valence electrons. The number of rotatable bonds is 5. The topological polar surface area (TPSA) is 92.5 Å². The van der Waals surface area contributed by atoms with Crippen LogP contribution in [0.25, 0.3) is 6.08 Å². The third-order valence-corrected chi connectivity index (χ3v) is 4.59. The number of allylic oxidation sites excluding steroid dienone is 1. The summed E-state index contributed by atoms with van der Waals surface area (Å²) >= 11 is 0. The highest BCUT2D eigenvalue weighted by Crippen LogP contribution is 2.28. The molecule has 2 aromatic rings. The van der Waals surface area contributed by atoms with Crippen LogP contribution in [0.4, 0.5) is 0 Å². The molecule has 0 aromatic heterocycles. The molecule has 0 spiro atoms. The molecule has 2 aromatic carbocycles. The number of nitrogens with two attached hydrogens (primary N) is 2. The molecular formula is C27H40N2O2. The van der Waals surface area contributed by atoms with Crippen molar-refractivity contribution in [1.82, 2.24) is 0 Å². The molecule has 2 rings (SSSR count). The Labute approximate surface area is 188 Å². The lowest BCUT2D eigenvalue weighted by atomic mass is 9.82. The Hall–Kier alpha value is -2.52. The maximum absolute atomic E-state index is 9.04. The molecule has 6 N–H and O–H groups in total. The summed E-state index contributed by atoms with van der Waals surface area (Å²) in [7, 11) is 0. The van der Waals surface area contributed by atoms with Crippen LogP contribution in [-0.4, -0.2) is 23.3 Å². The monoisotopic (exact) mass is 424 g/mol. The van der Waals surface area contributed by atoms with E-state index in [1.807, 2.05) is 0 Å². The zero-order valence-corrected chi connectivity index (χ0v) is 20.0. The summed E-state index contributed by atoms with van der Waals surface area (Å²) in [4.78, 5) is 0. The molecular weight excluding hydrogens is 384 g/mol. The van der Waals surface area contributed by atoms with Gasteiger partial charge in [-0.25, -0.2) is 0 Å². The van der Waals surface area contributed by atoms with E-state index in [4.69, 9.17) is 21.7 Å². The summed E-state index contributed by atoms with van der Waals surface area (Å²) in [6, 6.07) is 11.4. The van der Waals surface area contributed by atoms with Crippen molar-refractivity contribution in [2.75, 3.05) is 13.1 Å². The summed E-state index contributed by atoms with van der Waals surface area (Å²) in [5.41, 5.74) is 19.4. The van der Waals surface area contributed by atoms with Gasteiger partial charge in [0.2, 0.25) is 0 Å². The smallest absolute Gasteiger partial charge is 0.157 e. The van der Waals surface area contributed by atoms with Gasteiger partial charge in [-0.15, -0.1) is 5.73 Å². The SMILES string of the molecule is CC(C)(C)C=C=Cc1cc(CCN)ccc1C(C)(C)C.NCCc1ccc(O)c(O)c1. The predicted molar refractivity (Wildman–Crippen MR) is 132 cm³/mol. The van der Waals surface area contributed by atoms with Gasteiger partial charge in [-0.05, 0) is 83.3 Å². The molecule has 0 radical (unpaired) electrons. The first-order chi connectivity index (χ1) is 14.4. The number of aromatic hydroxyl groups is 2. The van der Waals surface area contributed by atoms with E-state index < -0.39 is 0 Å². The molecule has 0 heterocycles. The quantitative estimate of drug-likeness (QED) is 0.387. The molecule has 31 heavy (non-hydrogen) atoms. The standard InChI is InChI=1S/C19H29N.C8H11NO2/c1-18(2,3)12-7-8-16-14-15(11-13-20)9-10-17(16)19(4,5)6;9-4-3-6-1-2-7(10)8(11)5-6/h8-10,12,14H,11,13,20H2,1-6H3;1-2,5,10-11H,3-4,9H2. The van der Waals surface area contributed by atoms with E-state index in [9.17, 15) is 0 Å². The summed E-state index contributed by atoms with van der Waals surface area (Å²) in [5, 5.41) is 18.0. The average molecular weight is 425 g/mol. The van der Waals surface area contributed by atoms with Gasteiger partial charge in [0, 0.05) is 0 Å². The van der Waals surface area contributed by atoms with E-state index in [-0.39, 0.29) is 22.3 Å². The lowest BCUT2D eigenvalue weighted by molar-refractivity contribution is 0.403. The molecule has 0 bridgehead atoms. The maximum atomic E-state index is 9.04. The third kappa shape index (κ3) is 9.89. The average Bonchev–Trinajstić information content (AvgIpc) is 2.64. The zero-order valence-electron chi connectivity index (χ0n) is 20.0. The Morgan fingerprint density at radius 3 is 1.84 bits per heavy atom. The van der Waals surface area contributed by atoms with E-state index in [0.29, 0.717) is 19.5 Å². The number of phenols is 2. The summed E-state index contributed by atoms with van der Waals surface area (Å²) in [6.07, 6.45) is 5.86. The minimum atomic E-state index is -0.0919. The Bertz CT molecular complexity index is 896. The fourth-order valence-corrected chi connectivity index (χ4v) is 3.01. The maximum Gasteiger partial charge on any atom is 0.157 e. The first-order valence-electron chi connectivity index (χ1n) is 10.9. The van der Waals surface area contributed by atoms with Crippen LogP contribution in [0.3, 0.4) is 0 Å². The van der Waals surface area contributed by atoms with Crippen LogP contribution in [0.2, 0.25) is 0 Å². The van der Waals surface area contributed by atoms with Gasteiger partial charge in [0.05, 0.1) is 0 Å². The largest absolute Gasteiger partial charge is 0.504 e. The zero-order chi connectivity index (χ0) is 23.7. The first-order valence-corrected chi connectivity index (χ1v) is 10.9. The van der Waals surface area contributed by atoms with Gasteiger partial charge in [-0.3, -0.25) is 0 Å². The van der Waals surface area contributed by atoms with E-state index in [1.165, 1.54) is 28.8 Å². The minimum Gasteiger partial charge on any atom is -0.504 e. The lowest BCUT2D eigenvalue weighted by Crippen LogP contribution is -2.13. The van der Waals surface area contributed by atoms with Gasteiger partial charge < -0.3 is 21.7 Å². The van der Waals surface area contributed by atoms with E-state index >= 15 is 0 Å². The highest BCUT2D eigenvalue weighted by atomic mass is 16.3. The molecule has 0 aliphatic heterocycles. The molecule has 0 atom stereocenters. The van der Waals surface area contributed by atoms with Gasteiger partial charge in [0.1, 0.15) is 0 Å². The molecule has 0 unspecified atom stereocenters. The van der Waals surface area contributed by atoms with Gasteiger partial charge >= 0.3 is 0 Å². The fourth-order valence-electron chi connectivity index (χ4n) is 3.01. The number of hydrogen-bond donors (Lipinski definition) is 4. The highest BCUT2D eigenvalue weighted by Gasteiger charge is 2.17. The molecule has 0 aliphatic rings. The van der Waals surface area contributed by atoms with Crippen molar-refractivity contribution in [3.05, 3.63) is 70.5 Å². The Morgan fingerprint density at radius 1 is 0.806 bits per heavy atom. The molecule has 0 saturated heterocycles. The molecule has 0 saturated carbocycles. The molecule has 0 amide bonds. The second-order valence-corrected chi connectivity index (χ2v) is 9.89. The predicted octanol–water partition coefficient (Wildman–Crippen LogP) is 5.30. The third-order valence-electron chi connectivity index (χ3n) is 4.59. The molecule has 4 nitrogen and oxygen atoms in total. The van der Waals surface area contributed by atoms with Crippen molar-refractivity contribution < 1.29 is 10.2 Å². The Kier molecular flexibility index (Phi) is 10.1. The molecule has 0 fully saturated rings. The molecule has 0 aliphatic carbocycles. The van der Waals surface area contributed by atoms with Gasteiger partial charge in [0.15, 0.2) is 11.5 Å². The fraction of sp³-hybridized carbons (Fsp3) is 0.444. The van der Waals surface area contributed by atoms with Crippen molar-refractivity contribution in [1.29, 1.82) is 0 Å². The van der Waals surface area contributed by atoms with Gasteiger partial charge in [0.25, 0.3) is 0 Å². The van der Waals surface area contributed by atoms with Crippen LogP contribution < -0.4 is 11.5 Å². The second-order valence-electron chi connectivity index (χ2n) is 9.89. The Morgan fingerprint density at radius 2 is 1.35 bits per heavy atom. The van der Waals surface area contributed by atoms with Gasteiger partial charge in [-0.1, -0.05) is 65.8 Å². The summed E-state index contributed by atoms with van der Waals surface area (Å²) < 4.78 is 0. The van der Waals surface area contributed by atoms with E-state index in [1.54, 1.807) is 6.07 Å². The van der Waals surface area contributed by atoms with E-state index in [0.717, 1.165) is 12.0 Å². The van der Waals surface area contributed by atoms with Crippen molar-refractivity contribution in [3.63, 3.8) is 0 Å². The van der Waals surface area contributed by atoms with Crippen molar-refractivity contribution in [2.45, 2.75) is 59.8 Å². The lowest BCUT2D eigenvalue weighted by Gasteiger charge is -2.22. The summed E-state index contributed by atoms with van der Waals surface area (Å²) in [5.74, 6) is -0.179. The van der Waals surface area contributed by atoms with Crippen molar-refractivity contribution >= 4 is 6.08 Å². The molecule has 4 heteroatoms. The first kappa shape index (κ1) is 26.5. The number of benzene rings is 2. The van der Waals surface area contributed by atoms with Crippen LogP contribution in [0.1, 0.15) is 63.8 Å².